The van der Waals surface area contributed by atoms with Crippen molar-refractivity contribution in [3.8, 4) is 0 Å². The molecular weight excluding hydrogens is 266 g/mol. The van der Waals surface area contributed by atoms with Gasteiger partial charge in [0.25, 0.3) is 5.91 Å². The molecule has 106 valence electrons. The standard InChI is InChI=1S/C16H15N3O2/c1-2-15-18-14(19-21-15)10-17-16(20)13-9-5-7-11-6-3-4-8-12(11)13/h3-9H,2,10H2,1H3,(H,17,20). The van der Waals surface area contributed by atoms with E-state index in [2.05, 4.69) is 15.5 Å². The molecule has 0 aliphatic rings. The summed E-state index contributed by atoms with van der Waals surface area (Å²) in [5, 5.41) is 8.61. The first kappa shape index (κ1) is 13.3. The number of aromatic nitrogens is 2. The molecule has 0 aliphatic heterocycles. The van der Waals surface area contributed by atoms with Gasteiger partial charge in [-0.2, -0.15) is 4.98 Å². The number of aryl methyl sites for hydroxylation is 1. The van der Waals surface area contributed by atoms with Crippen molar-refractivity contribution in [3.05, 3.63) is 59.7 Å². The third-order valence-electron chi connectivity index (χ3n) is 3.25. The Kier molecular flexibility index (Phi) is 3.64. The summed E-state index contributed by atoms with van der Waals surface area (Å²) in [7, 11) is 0. The number of rotatable bonds is 4. The van der Waals surface area contributed by atoms with E-state index < -0.39 is 0 Å². The predicted molar refractivity (Wildman–Crippen MR) is 78.8 cm³/mol. The summed E-state index contributed by atoms with van der Waals surface area (Å²) in [5.41, 5.74) is 0.646. The Hall–Kier alpha value is -2.69. The van der Waals surface area contributed by atoms with Gasteiger partial charge in [0.05, 0.1) is 6.54 Å². The molecule has 0 saturated heterocycles. The van der Waals surface area contributed by atoms with Crippen LogP contribution in [0.25, 0.3) is 10.8 Å². The summed E-state index contributed by atoms with van der Waals surface area (Å²) in [6, 6.07) is 13.5. The van der Waals surface area contributed by atoms with Gasteiger partial charge < -0.3 is 9.84 Å². The van der Waals surface area contributed by atoms with Gasteiger partial charge in [0.15, 0.2) is 5.82 Å². The van der Waals surface area contributed by atoms with Crippen LogP contribution in [0.1, 0.15) is 29.0 Å². The van der Waals surface area contributed by atoms with Gasteiger partial charge in [-0.05, 0) is 16.8 Å². The lowest BCUT2D eigenvalue weighted by molar-refractivity contribution is 0.0951. The van der Waals surface area contributed by atoms with Crippen LogP contribution in [0.5, 0.6) is 0 Å². The second kappa shape index (κ2) is 5.75. The minimum atomic E-state index is -0.144. The molecule has 5 nitrogen and oxygen atoms in total. The molecule has 0 aliphatic carbocycles. The maximum Gasteiger partial charge on any atom is 0.252 e. The number of hydrogen-bond donors (Lipinski definition) is 1. The number of benzene rings is 2. The van der Waals surface area contributed by atoms with Crippen molar-refractivity contribution in [2.45, 2.75) is 19.9 Å². The van der Waals surface area contributed by atoms with Crippen LogP contribution in [0, 0.1) is 0 Å². The van der Waals surface area contributed by atoms with E-state index in [1.165, 1.54) is 0 Å². The van der Waals surface area contributed by atoms with E-state index in [4.69, 9.17) is 4.52 Å². The Balaban J connectivity index is 1.78. The highest BCUT2D eigenvalue weighted by molar-refractivity contribution is 6.06. The zero-order valence-electron chi connectivity index (χ0n) is 11.7. The Morgan fingerprint density at radius 3 is 2.81 bits per heavy atom. The molecule has 0 radical (unpaired) electrons. The fourth-order valence-electron chi connectivity index (χ4n) is 2.18. The third-order valence-corrected chi connectivity index (χ3v) is 3.25. The molecule has 0 unspecified atom stereocenters. The topological polar surface area (TPSA) is 68.0 Å². The van der Waals surface area contributed by atoms with Crippen molar-refractivity contribution in [2.24, 2.45) is 0 Å². The van der Waals surface area contributed by atoms with Crippen molar-refractivity contribution in [2.75, 3.05) is 0 Å². The first-order chi connectivity index (χ1) is 10.3. The van der Waals surface area contributed by atoms with E-state index in [1.54, 1.807) is 0 Å². The highest BCUT2D eigenvalue weighted by Crippen LogP contribution is 2.18. The van der Waals surface area contributed by atoms with Crippen LogP contribution >= 0.6 is 0 Å². The average Bonchev–Trinajstić information content (AvgIpc) is 3.00. The number of fused-ring (bicyclic) bond motifs is 1. The normalized spacial score (nSPS) is 10.7. The molecule has 2 aromatic carbocycles. The van der Waals surface area contributed by atoms with Crippen LogP contribution in [-0.4, -0.2) is 16.0 Å². The van der Waals surface area contributed by atoms with Gasteiger partial charge >= 0.3 is 0 Å². The molecule has 3 aromatic rings. The molecule has 1 aromatic heterocycles. The summed E-state index contributed by atoms with van der Waals surface area (Å²) in [5.74, 6) is 0.916. The Bertz CT molecular complexity index is 775. The van der Waals surface area contributed by atoms with Crippen LogP contribution in [0.15, 0.2) is 47.0 Å². The van der Waals surface area contributed by atoms with E-state index in [0.29, 0.717) is 23.7 Å². The molecule has 0 spiro atoms. The first-order valence-corrected chi connectivity index (χ1v) is 6.85. The van der Waals surface area contributed by atoms with E-state index in [1.807, 2.05) is 49.4 Å². The molecule has 21 heavy (non-hydrogen) atoms. The lowest BCUT2D eigenvalue weighted by Crippen LogP contribution is -2.23. The maximum atomic E-state index is 12.3. The maximum absolute atomic E-state index is 12.3. The number of hydrogen-bond acceptors (Lipinski definition) is 4. The molecule has 0 fully saturated rings. The van der Waals surface area contributed by atoms with Crippen LogP contribution < -0.4 is 5.32 Å². The van der Waals surface area contributed by atoms with Gasteiger partial charge in [0.1, 0.15) is 0 Å². The predicted octanol–water partition coefficient (Wildman–Crippen LogP) is 2.72. The minimum absolute atomic E-state index is 0.144. The molecule has 0 saturated carbocycles. The fraction of sp³-hybridized carbons (Fsp3) is 0.188. The van der Waals surface area contributed by atoms with Gasteiger partial charge in [-0.15, -0.1) is 0 Å². The minimum Gasteiger partial charge on any atom is -0.345 e. The van der Waals surface area contributed by atoms with Crippen LogP contribution in [0.2, 0.25) is 0 Å². The smallest absolute Gasteiger partial charge is 0.252 e. The second-order valence-corrected chi connectivity index (χ2v) is 4.67. The summed E-state index contributed by atoms with van der Waals surface area (Å²) >= 11 is 0. The Morgan fingerprint density at radius 1 is 1.19 bits per heavy atom. The fourth-order valence-corrected chi connectivity index (χ4v) is 2.18. The summed E-state index contributed by atoms with van der Waals surface area (Å²) in [6.45, 7) is 2.19. The quantitative estimate of drug-likeness (QED) is 0.798. The second-order valence-electron chi connectivity index (χ2n) is 4.67. The van der Waals surface area contributed by atoms with Crippen LogP contribution in [0.4, 0.5) is 0 Å². The Labute approximate surface area is 122 Å². The number of carbonyl (C=O) groups excluding carboxylic acids is 1. The van der Waals surface area contributed by atoms with Crippen LogP contribution in [-0.2, 0) is 13.0 Å². The third kappa shape index (κ3) is 2.76. The van der Waals surface area contributed by atoms with Gasteiger partial charge in [-0.1, -0.05) is 48.5 Å². The van der Waals surface area contributed by atoms with Crippen molar-refractivity contribution in [1.29, 1.82) is 0 Å². The monoisotopic (exact) mass is 281 g/mol. The van der Waals surface area contributed by atoms with Gasteiger partial charge in [0.2, 0.25) is 5.89 Å². The summed E-state index contributed by atoms with van der Waals surface area (Å²) in [4.78, 5) is 16.5. The summed E-state index contributed by atoms with van der Waals surface area (Å²) < 4.78 is 5.01. The van der Waals surface area contributed by atoms with E-state index in [0.717, 1.165) is 10.8 Å². The van der Waals surface area contributed by atoms with E-state index in [-0.39, 0.29) is 12.5 Å². The molecular formula is C16H15N3O2. The van der Waals surface area contributed by atoms with Crippen LogP contribution in [0.3, 0.4) is 0 Å². The van der Waals surface area contributed by atoms with Gasteiger partial charge in [-0.3, -0.25) is 4.79 Å². The first-order valence-electron chi connectivity index (χ1n) is 6.85. The molecule has 0 bridgehead atoms. The van der Waals surface area contributed by atoms with Crippen molar-refractivity contribution >= 4 is 16.7 Å². The molecule has 0 atom stereocenters. The zero-order chi connectivity index (χ0) is 14.7. The van der Waals surface area contributed by atoms with E-state index in [9.17, 15) is 4.79 Å². The molecule has 1 heterocycles. The van der Waals surface area contributed by atoms with Gasteiger partial charge in [-0.25, -0.2) is 0 Å². The number of amides is 1. The van der Waals surface area contributed by atoms with E-state index >= 15 is 0 Å². The number of nitrogens with one attached hydrogen (secondary N) is 1. The molecule has 5 heteroatoms. The number of carbonyl (C=O) groups is 1. The van der Waals surface area contributed by atoms with Crippen molar-refractivity contribution < 1.29 is 9.32 Å². The molecule has 3 rings (SSSR count). The largest absolute Gasteiger partial charge is 0.345 e. The summed E-state index contributed by atoms with van der Waals surface area (Å²) in [6.07, 6.45) is 0.685. The lowest BCUT2D eigenvalue weighted by Gasteiger charge is -2.06. The van der Waals surface area contributed by atoms with Gasteiger partial charge in [0, 0.05) is 12.0 Å². The molecule has 1 N–H and O–H groups in total. The lowest BCUT2D eigenvalue weighted by atomic mass is 10.0. The molecule has 1 amide bonds. The zero-order valence-corrected chi connectivity index (χ0v) is 11.7. The highest BCUT2D eigenvalue weighted by Gasteiger charge is 2.11. The highest BCUT2D eigenvalue weighted by atomic mass is 16.5. The Morgan fingerprint density at radius 2 is 2.00 bits per heavy atom. The SMILES string of the molecule is CCc1nc(CNC(=O)c2cccc3ccccc23)no1. The van der Waals surface area contributed by atoms with Crippen molar-refractivity contribution in [1.82, 2.24) is 15.5 Å². The van der Waals surface area contributed by atoms with Crippen molar-refractivity contribution in [3.63, 3.8) is 0 Å². The number of nitrogens with zero attached hydrogens (tertiary/aromatic N) is 2. The average molecular weight is 281 g/mol.